The molecule has 0 aliphatic carbocycles. The van der Waals surface area contributed by atoms with Crippen LogP contribution in [0.4, 0.5) is 21.8 Å². The molecule has 1 aromatic carbocycles. The standard InChI is InChI=1S/C26H27FN6OSSi/c1-36(2,3)14-10-18-16-28-24(29-17-18)19-7-11-33(12-8-19)26-31-22-9-13-35(34)23(22)25(32-26)30-21-6-4-5-20(27)15-21/h4-7,15-17H,8-9,11-13H2,1-3H3,(H,30,31,32). The molecule has 1 N–H and O–H groups in total. The van der Waals surface area contributed by atoms with Crippen LogP contribution in [0.1, 0.15) is 23.5 Å². The average molecular weight is 519 g/mol. The number of hydrogen-bond donors (Lipinski definition) is 1. The zero-order valence-corrected chi connectivity index (χ0v) is 22.3. The summed E-state index contributed by atoms with van der Waals surface area (Å²) < 4.78 is 26.3. The molecule has 0 bridgehead atoms. The van der Waals surface area contributed by atoms with E-state index in [-0.39, 0.29) is 5.82 Å². The van der Waals surface area contributed by atoms with Gasteiger partial charge in [0.25, 0.3) is 0 Å². The van der Waals surface area contributed by atoms with Crippen LogP contribution in [-0.2, 0) is 17.2 Å². The summed E-state index contributed by atoms with van der Waals surface area (Å²) >= 11 is 0. The van der Waals surface area contributed by atoms with Gasteiger partial charge in [0, 0.05) is 43.3 Å². The Hall–Kier alpha value is -3.42. The van der Waals surface area contributed by atoms with E-state index in [2.05, 4.69) is 57.4 Å². The van der Waals surface area contributed by atoms with Crippen molar-refractivity contribution in [1.29, 1.82) is 0 Å². The monoisotopic (exact) mass is 518 g/mol. The van der Waals surface area contributed by atoms with Crippen molar-refractivity contribution in [3.8, 4) is 11.5 Å². The highest BCUT2D eigenvalue weighted by atomic mass is 32.2. The maximum atomic E-state index is 13.7. The number of halogens is 1. The largest absolute Gasteiger partial charge is 0.339 e. The molecule has 0 spiro atoms. The highest BCUT2D eigenvalue weighted by Gasteiger charge is 2.28. The first-order valence-corrected chi connectivity index (χ1v) is 16.7. The fraction of sp³-hybridized carbons (Fsp3) is 0.308. The number of nitrogens with zero attached hydrogens (tertiary/aromatic N) is 5. The first-order valence-electron chi connectivity index (χ1n) is 11.9. The molecule has 2 aliphatic rings. The van der Waals surface area contributed by atoms with Gasteiger partial charge in [0.05, 0.1) is 22.1 Å². The van der Waals surface area contributed by atoms with Gasteiger partial charge in [0.2, 0.25) is 5.95 Å². The van der Waals surface area contributed by atoms with Gasteiger partial charge in [-0.2, -0.15) is 4.98 Å². The number of rotatable bonds is 4. The Balaban J connectivity index is 1.36. The van der Waals surface area contributed by atoms with E-state index < -0.39 is 18.9 Å². The summed E-state index contributed by atoms with van der Waals surface area (Å²) in [4.78, 5) is 21.2. The minimum Gasteiger partial charge on any atom is -0.339 e. The molecule has 2 aliphatic heterocycles. The van der Waals surface area contributed by atoms with Crippen molar-refractivity contribution < 1.29 is 8.60 Å². The van der Waals surface area contributed by atoms with Crippen LogP contribution in [0.5, 0.6) is 0 Å². The first kappa shape index (κ1) is 24.3. The molecule has 0 saturated carbocycles. The van der Waals surface area contributed by atoms with Crippen LogP contribution in [0.2, 0.25) is 19.6 Å². The van der Waals surface area contributed by atoms with Gasteiger partial charge in [-0.25, -0.2) is 19.3 Å². The highest BCUT2D eigenvalue weighted by Crippen LogP contribution is 2.32. The lowest BCUT2D eigenvalue weighted by Crippen LogP contribution is -2.30. The van der Waals surface area contributed by atoms with Gasteiger partial charge in [0.1, 0.15) is 18.8 Å². The maximum absolute atomic E-state index is 13.7. The zero-order chi connectivity index (χ0) is 25.3. The Kier molecular flexibility index (Phi) is 6.68. The molecule has 1 unspecified atom stereocenters. The van der Waals surface area contributed by atoms with Crippen LogP contribution in [0.15, 0.2) is 47.6 Å². The molecule has 184 valence electrons. The molecule has 3 aromatic rings. The smallest absolute Gasteiger partial charge is 0.227 e. The van der Waals surface area contributed by atoms with Gasteiger partial charge in [0.15, 0.2) is 11.6 Å². The van der Waals surface area contributed by atoms with Gasteiger partial charge < -0.3 is 10.2 Å². The van der Waals surface area contributed by atoms with Gasteiger partial charge in [-0.3, -0.25) is 4.21 Å². The Morgan fingerprint density at radius 3 is 2.64 bits per heavy atom. The van der Waals surface area contributed by atoms with Crippen molar-refractivity contribution in [3.63, 3.8) is 0 Å². The number of anilines is 3. The molecule has 5 rings (SSSR count). The van der Waals surface area contributed by atoms with Gasteiger partial charge in [-0.05, 0) is 30.2 Å². The molecule has 0 fully saturated rings. The van der Waals surface area contributed by atoms with Crippen molar-refractivity contribution in [1.82, 2.24) is 19.9 Å². The van der Waals surface area contributed by atoms with E-state index in [1.165, 1.54) is 12.1 Å². The second kappa shape index (κ2) is 9.91. The van der Waals surface area contributed by atoms with E-state index in [9.17, 15) is 8.60 Å². The van der Waals surface area contributed by atoms with Crippen molar-refractivity contribution in [2.75, 3.05) is 29.1 Å². The number of hydrogen-bond acceptors (Lipinski definition) is 7. The van der Waals surface area contributed by atoms with Gasteiger partial charge in [-0.15, -0.1) is 5.54 Å². The molecule has 0 saturated heterocycles. The Morgan fingerprint density at radius 2 is 1.94 bits per heavy atom. The van der Waals surface area contributed by atoms with E-state index in [0.717, 1.165) is 23.3 Å². The van der Waals surface area contributed by atoms with Gasteiger partial charge >= 0.3 is 0 Å². The predicted octanol–water partition coefficient (Wildman–Crippen LogP) is 4.34. The van der Waals surface area contributed by atoms with Crippen molar-refractivity contribution in [2.24, 2.45) is 0 Å². The van der Waals surface area contributed by atoms with E-state index in [0.29, 0.717) is 53.4 Å². The average Bonchev–Trinajstić information content (AvgIpc) is 3.24. The fourth-order valence-corrected chi connectivity index (χ4v) is 5.81. The minimum absolute atomic E-state index is 0.348. The number of aromatic nitrogens is 4. The van der Waals surface area contributed by atoms with Crippen molar-refractivity contribution in [2.45, 2.75) is 37.4 Å². The van der Waals surface area contributed by atoms with Crippen molar-refractivity contribution >= 4 is 41.9 Å². The topological polar surface area (TPSA) is 83.9 Å². The lowest BCUT2D eigenvalue weighted by Gasteiger charge is -2.27. The number of aryl methyl sites for hydroxylation is 1. The number of fused-ring (bicyclic) bond motifs is 1. The Morgan fingerprint density at radius 1 is 1.14 bits per heavy atom. The Labute approximate surface area is 213 Å². The van der Waals surface area contributed by atoms with Crippen LogP contribution in [-0.4, -0.2) is 51.1 Å². The van der Waals surface area contributed by atoms with Crippen LogP contribution >= 0.6 is 0 Å². The van der Waals surface area contributed by atoms with Crippen LogP contribution in [0.25, 0.3) is 5.57 Å². The zero-order valence-electron chi connectivity index (χ0n) is 20.5. The third kappa shape index (κ3) is 5.53. The molecule has 1 atom stereocenters. The lowest BCUT2D eigenvalue weighted by molar-refractivity contribution is 0.628. The lowest BCUT2D eigenvalue weighted by atomic mass is 10.1. The van der Waals surface area contributed by atoms with E-state index >= 15 is 0 Å². The summed E-state index contributed by atoms with van der Waals surface area (Å²) in [6.45, 7) is 7.93. The number of nitrogens with one attached hydrogen (secondary N) is 1. The molecular formula is C26H27FN6OSSi. The SMILES string of the molecule is C[Si](C)(C)C#Cc1cnc(C2=CCN(c3nc4c(c(Nc5cccc(F)c5)n3)S(=O)CC4)CC2)nc1. The third-order valence-electron chi connectivity index (χ3n) is 5.78. The predicted molar refractivity (Wildman–Crippen MR) is 144 cm³/mol. The van der Waals surface area contributed by atoms with Crippen LogP contribution < -0.4 is 10.2 Å². The normalized spacial score (nSPS) is 17.2. The van der Waals surface area contributed by atoms with Crippen LogP contribution in [0, 0.1) is 17.3 Å². The third-order valence-corrected chi connectivity index (χ3v) is 8.11. The highest BCUT2D eigenvalue weighted by molar-refractivity contribution is 7.85. The minimum atomic E-state index is -1.45. The van der Waals surface area contributed by atoms with Crippen molar-refractivity contribution in [3.05, 3.63) is 65.6 Å². The molecule has 2 aromatic heterocycles. The van der Waals surface area contributed by atoms with Gasteiger partial charge in [-0.1, -0.05) is 37.7 Å². The molecule has 7 nitrogen and oxygen atoms in total. The summed E-state index contributed by atoms with van der Waals surface area (Å²) in [5.41, 5.74) is 6.59. The molecule has 0 amide bonds. The quantitative estimate of drug-likeness (QED) is 0.406. The summed E-state index contributed by atoms with van der Waals surface area (Å²) in [5.74, 6) is 5.12. The summed E-state index contributed by atoms with van der Waals surface area (Å²) in [6.07, 6.45) is 7.05. The number of benzene rings is 1. The second-order valence-corrected chi connectivity index (χ2v) is 16.1. The molecule has 10 heteroatoms. The molecular weight excluding hydrogens is 491 g/mol. The van der Waals surface area contributed by atoms with Crippen LogP contribution in [0.3, 0.4) is 0 Å². The second-order valence-electron chi connectivity index (χ2n) is 9.80. The molecule has 36 heavy (non-hydrogen) atoms. The first-order chi connectivity index (χ1) is 17.2. The Bertz CT molecular complexity index is 1430. The molecule has 4 heterocycles. The maximum Gasteiger partial charge on any atom is 0.227 e. The van der Waals surface area contributed by atoms with E-state index in [1.54, 1.807) is 24.5 Å². The summed E-state index contributed by atoms with van der Waals surface area (Å²) in [7, 11) is -2.63. The summed E-state index contributed by atoms with van der Waals surface area (Å²) in [6, 6.07) is 6.16. The van der Waals surface area contributed by atoms with E-state index in [1.807, 2.05) is 0 Å². The summed E-state index contributed by atoms with van der Waals surface area (Å²) in [5, 5.41) is 3.16. The van der Waals surface area contributed by atoms with E-state index in [4.69, 9.17) is 9.97 Å². The fourth-order valence-electron chi connectivity index (χ4n) is 3.99. The molecule has 0 radical (unpaired) electrons.